The fraction of sp³-hybridized carbons (Fsp3) is 0.292. The van der Waals surface area contributed by atoms with Crippen LogP contribution in [0.25, 0.3) is 0 Å². The van der Waals surface area contributed by atoms with Crippen molar-refractivity contribution in [2.45, 2.75) is 25.9 Å². The summed E-state index contributed by atoms with van der Waals surface area (Å²) in [6, 6.07) is 8.25. The molecule has 0 bridgehead atoms. The van der Waals surface area contributed by atoms with E-state index < -0.39 is 11.5 Å². The van der Waals surface area contributed by atoms with E-state index >= 15 is 0 Å². The van der Waals surface area contributed by atoms with Gasteiger partial charge in [0, 0.05) is 31.6 Å². The van der Waals surface area contributed by atoms with Gasteiger partial charge in [0.05, 0.1) is 12.3 Å². The Morgan fingerprint density at radius 3 is 2.79 bits per heavy atom. The number of carbonyl (C=O) groups is 2. The number of rotatable bonds is 7. The molecule has 10 nitrogen and oxygen atoms in total. The van der Waals surface area contributed by atoms with Gasteiger partial charge in [-0.1, -0.05) is 0 Å². The van der Waals surface area contributed by atoms with Crippen molar-refractivity contribution in [1.29, 1.82) is 10.7 Å². The van der Waals surface area contributed by atoms with Crippen LogP contribution in [-0.4, -0.2) is 53.8 Å². The molecule has 1 aromatic carbocycles. The standard InChI is InChI=1S/C24H26N6O4/c1-24(2)13-17-19(33-16-5-6-18(28-14-16)23(32)30(4)10-8-25)11-15(12-20(17)34-24)22(31)29-21(26)7-9-27-3/h5-7,9,11-12,14,27H,10,13H2,1-4H3,(H2,26,29,31)/b9-7-. The molecule has 3 rings (SSSR count). The van der Waals surface area contributed by atoms with Crippen molar-refractivity contribution in [1.82, 2.24) is 20.5 Å². The van der Waals surface area contributed by atoms with E-state index in [9.17, 15) is 9.59 Å². The first-order chi connectivity index (χ1) is 16.1. The van der Waals surface area contributed by atoms with Crippen LogP contribution in [0.4, 0.5) is 0 Å². The molecule has 10 heteroatoms. The maximum atomic E-state index is 12.7. The van der Waals surface area contributed by atoms with Crippen molar-refractivity contribution in [3.8, 4) is 23.3 Å². The highest BCUT2D eigenvalue weighted by Gasteiger charge is 2.34. The molecule has 1 aliphatic heterocycles. The lowest BCUT2D eigenvalue weighted by molar-refractivity contribution is 0.0806. The number of amides is 2. The first-order valence-corrected chi connectivity index (χ1v) is 10.5. The second kappa shape index (κ2) is 10.0. The van der Waals surface area contributed by atoms with Gasteiger partial charge in [-0.2, -0.15) is 5.26 Å². The smallest absolute Gasteiger partial charge is 0.273 e. The highest BCUT2D eigenvalue weighted by atomic mass is 16.5. The van der Waals surface area contributed by atoms with Gasteiger partial charge in [-0.15, -0.1) is 0 Å². The van der Waals surface area contributed by atoms with Crippen molar-refractivity contribution < 1.29 is 19.1 Å². The molecule has 0 fully saturated rings. The lowest BCUT2D eigenvalue weighted by atomic mass is 9.99. The number of hydrogen-bond acceptors (Lipinski definition) is 8. The number of nitrogens with one attached hydrogen (secondary N) is 3. The molecule has 3 N–H and O–H groups in total. The number of carbonyl (C=O) groups excluding carboxylic acids is 2. The van der Waals surface area contributed by atoms with Crippen LogP contribution >= 0.6 is 0 Å². The second-order valence-electron chi connectivity index (χ2n) is 8.28. The number of hydrogen-bond donors (Lipinski definition) is 3. The second-order valence-corrected chi connectivity index (χ2v) is 8.28. The lowest BCUT2D eigenvalue weighted by Crippen LogP contribution is -2.28. The third kappa shape index (κ3) is 5.69. The Hall–Kier alpha value is -4.39. The van der Waals surface area contributed by atoms with Crippen molar-refractivity contribution in [2.24, 2.45) is 0 Å². The third-order valence-electron chi connectivity index (χ3n) is 4.92. The zero-order chi connectivity index (χ0) is 24.9. The number of fused-ring (bicyclic) bond motifs is 1. The maximum absolute atomic E-state index is 12.7. The number of nitriles is 1. The van der Waals surface area contributed by atoms with Gasteiger partial charge >= 0.3 is 0 Å². The monoisotopic (exact) mass is 462 g/mol. The van der Waals surface area contributed by atoms with E-state index in [1.807, 2.05) is 19.9 Å². The molecular weight excluding hydrogens is 436 g/mol. The SMILES string of the molecule is CN/C=C\C(=N)NC(=O)c1cc(Oc2ccc(C(=O)N(C)CC#N)nc2)c2c(c1)OC(C)(C)C2. The van der Waals surface area contributed by atoms with Crippen LogP contribution in [0.2, 0.25) is 0 Å². The Balaban J connectivity index is 1.87. The first kappa shape index (κ1) is 24.3. The number of benzene rings is 1. The Morgan fingerprint density at radius 1 is 1.38 bits per heavy atom. The molecule has 1 aromatic heterocycles. The average Bonchev–Trinajstić information content (AvgIpc) is 3.12. The van der Waals surface area contributed by atoms with Gasteiger partial charge in [-0.3, -0.25) is 15.0 Å². The summed E-state index contributed by atoms with van der Waals surface area (Å²) in [5.74, 6) is 0.391. The minimum Gasteiger partial charge on any atom is -0.487 e. The molecule has 176 valence electrons. The van der Waals surface area contributed by atoms with Gasteiger partial charge in [0.1, 0.15) is 40.9 Å². The summed E-state index contributed by atoms with van der Waals surface area (Å²) in [6.07, 6.45) is 4.94. The molecule has 0 atom stereocenters. The van der Waals surface area contributed by atoms with Crippen LogP contribution < -0.4 is 20.1 Å². The van der Waals surface area contributed by atoms with Crippen LogP contribution in [0.3, 0.4) is 0 Å². The van der Waals surface area contributed by atoms with Gasteiger partial charge in [0.2, 0.25) is 0 Å². The molecule has 0 aliphatic carbocycles. The van der Waals surface area contributed by atoms with Crippen LogP contribution in [0.5, 0.6) is 17.2 Å². The largest absolute Gasteiger partial charge is 0.487 e. The fourth-order valence-electron chi connectivity index (χ4n) is 3.34. The quantitative estimate of drug-likeness (QED) is 0.326. The number of nitrogens with zero attached hydrogens (tertiary/aromatic N) is 3. The summed E-state index contributed by atoms with van der Waals surface area (Å²) in [7, 11) is 3.21. The Labute approximate surface area is 197 Å². The van der Waals surface area contributed by atoms with E-state index in [1.54, 1.807) is 25.2 Å². The summed E-state index contributed by atoms with van der Waals surface area (Å²) in [5, 5.41) is 21.9. The van der Waals surface area contributed by atoms with Gasteiger partial charge < -0.3 is 25.0 Å². The number of ether oxygens (including phenoxy) is 2. The molecular formula is C24H26N6O4. The highest BCUT2D eigenvalue weighted by Crippen LogP contribution is 2.42. The molecule has 1 aliphatic rings. The number of amidine groups is 1. The third-order valence-corrected chi connectivity index (χ3v) is 4.92. The van der Waals surface area contributed by atoms with Crippen molar-refractivity contribution in [2.75, 3.05) is 20.6 Å². The Kier molecular flexibility index (Phi) is 7.16. The molecule has 0 radical (unpaired) electrons. The molecule has 0 unspecified atom stereocenters. The fourth-order valence-corrected chi connectivity index (χ4v) is 3.34. The van der Waals surface area contributed by atoms with Crippen molar-refractivity contribution in [3.63, 3.8) is 0 Å². The molecule has 34 heavy (non-hydrogen) atoms. The minimum absolute atomic E-state index is 0.0439. The van der Waals surface area contributed by atoms with E-state index in [0.717, 1.165) is 5.56 Å². The van der Waals surface area contributed by atoms with E-state index in [4.69, 9.17) is 20.1 Å². The molecule has 0 saturated heterocycles. The summed E-state index contributed by atoms with van der Waals surface area (Å²) in [5.41, 5.74) is 0.783. The van der Waals surface area contributed by atoms with Gasteiger partial charge in [-0.05, 0) is 50.4 Å². The van der Waals surface area contributed by atoms with Crippen molar-refractivity contribution >= 4 is 17.6 Å². The van der Waals surface area contributed by atoms with Gasteiger partial charge in [0.25, 0.3) is 11.8 Å². The first-order valence-electron chi connectivity index (χ1n) is 10.5. The maximum Gasteiger partial charge on any atom is 0.273 e. The van der Waals surface area contributed by atoms with Gasteiger partial charge in [0.15, 0.2) is 0 Å². The van der Waals surface area contributed by atoms with Crippen LogP contribution in [0.1, 0.15) is 40.3 Å². The Bertz CT molecular complexity index is 1180. The zero-order valence-corrected chi connectivity index (χ0v) is 19.4. The summed E-state index contributed by atoms with van der Waals surface area (Å²) >= 11 is 0. The highest BCUT2D eigenvalue weighted by molar-refractivity contribution is 6.09. The normalized spacial score (nSPS) is 13.4. The van der Waals surface area contributed by atoms with Crippen molar-refractivity contribution in [3.05, 3.63) is 59.6 Å². The molecule has 2 aromatic rings. The van der Waals surface area contributed by atoms with Gasteiger partial charge in [-0.25, -0.2) is 4.98 Å². The van der Waals surface area contributed by atoms with E-state index in [0.29, 0.717) is 23.7 Å². The molecule has 2 amide bonds. The van der Waals surface area contributed by atoms with E-state index in [2.05, 4.69) is 15.6 Å². The van der Waals surface area contributed by atoms with E-state index in [-0.39, 0.29) is 29.5 Å². The minimum atomic E-state index is -0.480. The average molecular weight is 463 g/mol. The topological polar surface area (TPSA) is 140 Å². The number of pyridine rings is 1. The summed E-state index contributed by atoms with van der Waals surface area (Å²) in [4.78, 5) is 30.4. The van der Waals surface area contributed by atoms with Crippen LogP contribution in [0.15, 0.2) is 42.7 Å². The summed E-state index contributed by atoms with van der Waals surface area (Å²) in [6.45, 7) is 3.83. The molecule has 0 saturated carbocycles. The number of aromatic nitrogens is 1. The zero-order valence-electron chi connectivity index (χ0n) is 19.4. The predicted molar refractivity (Wildman–Crippen MR) is 125 cm³/mol. The molecule has 0 spiro atoms. The molecule has 2 heterocycles. The summed E-state index contributed by atoms with van der Waals surface area (Å²) < 4.78 is 12.0. The lowest BCUT2D eigenvalue weighted by Gasteiger charge is -2.16. The van der Waals surface area contributed by atoms with Crippen LogP contribution in [0, 0.1) is 16.7 Å². The van der Waals surface area contributed by atoms with Crippen LogP contribution in [-0.2, 0) is 6.42 Å². The Morgan fingerprint density at radius 2 is 2.15 bits per heavy atom. The van der Waals surface area contributed by atoms with E-state index in [1.165, 1.54) is 36.5 Å². The predicted octanol–water partition coefficient (Wildman–Crippen LogP) is 2.62.